The second-order valence-electron chi connectivity index (χ2n) is 11.5. The molecule has 1 N–H and O–H groups in total. The fraction of sp³-hybridized carbons (Fsp3) is 0.500. The Morgan fingerprint density at radius 2 is 1.86 bits per heavy atom. The lowest BCUT2D eigenvalue weighted by Gasteiger charge is -2.33. The van der Waals surface area contributed by atoms with Crippen LogP contribution in [0.3, 0.4) is 0 Å². The summed E-state index contributed by atoms with van der Waals surface area (Å²) < 4.78 is 5.58. The Morgan fingerprint density at radius 3 is 2.53 bits per heavy atom. The van der Waals surface area contributed by atoms with Gasteiger partial charge in [0.25, 0.3) is 0 Å². The Bertz CT molecular complexity index is 1160. The molecule has 1 aromatic heterocycles. The van der Waals surface area contributed by atoms with Gasteiger partial charge in [0, 0.05) is 12.1 Å². The van der Waals surface area contributed by atoms with E-state index in [-0.39, 0.29) is 23.3 Å². The van der Waals surface area contributed by atoms with Crippen LogP contribution in [-0.4, -0.2) is 34.0 Å². The molecular weight excluding hydrogens is 448 g/mol. The number of carbonyl (C=O) groups is 1. The quantitative estimate of drug-likeness (QED) is 0.437. The van der Waals surface area contributed by atoms with E-state index in [4.69, 9.17) is 4.52 Å². The molecule has 2 atom stereocenters. The van der Waals surface area contributed by atoms with Crippen molar-refractivity contribution >= 4 is 5.91 Å². The molecule has 6 heteroatoms. The Hall–Kier alpha value is -2.99. The van der Waals surface area contributed by atoms with E-state index in [1.54, 1.807) is 0 Å². The zero-order valence-corrected chi connectivity index (χ0v) is 22.5. The molecule has 0 bridgehead atoms. The van der Waals surface area contributed by atoms with Gasteiger partial charge in [0.2, 0.25) is 17.6 Å². The predicted octanol–water partition coefficient (Wildman–Crippen LogP) is 6.07. The summed E-state index contributed by atoms with van der Waals surface area (Å²) in [6.07, 6.45) is 1.88. The first kappa shape index (κ1) is 26.1. The van der Waals surface area contributed by atoms with Gasteiger partial charge in [-0.2, -0.15) is 4.98 Å². The Labute approximate surface area is 215 Å². The minimum Gasteiger partial charge on any atom is -0.349 e. The second kappa shape index (κ2) is 11.0. The number of benzene rings is 2. The van der Waals surface area contributed by atoms with Crippen molar-refractivity contribution in [3.8, 4) is 11.4 Å². The molecule has 1 amide bonds. The molecule has 192 valence electrons. The third-order valence-electron chi connectivity index (χ3n) is 7.20. The number of carbonyl (C=O) groups excluding carboxylic acids is 1. The SMILES string of the molecule is Cc1ccccc1C(NC(=O)C1CCCN(Cc2nc(-c3ccc(C(C)(C)C)cc3)no2)C1)C(C)C. The molecule has 36 heavy (non-hydrogen) atoms. The van der Waals surface area contributed by atoms with Gasteiger partial charge in [-0.1, -0.05) is 88.3 Å². The Balaban J connectivity index is 1.38. The monoisotopic (exact) mass is 488 g/mol. The Morgan fingerprint density at radius 1 is 1.14 bits per heavy atom. The van der Waals surface area contributed by atoms with Crippen LogP contribution in [0.1, 0.15) is 76.1 Å². The summed E-state index contributed by atoms with van der Waals surface area (Å²) in [4.78, 5) is 20.2. The van der Waals surface area contributed by atoms with Crippen molar-refractivity contribution in [3.63, 3.8) is 0 Å². The van der Waals surface area contributed by atoms with Crippen LogP contribution >= 0.6 is 0 Å². The molecule has 1 aliphatic rings. The zero-order valence-electron chi connectivity index (χ0n) is 22.5. The molecule has 6 nitrogen and oxygen atoms in total. The number of hydrogen-bond donors (Lipinski definition) is 1. The molecule has 1 saturated heterocycles. The summed E-state index contributed by atoms with van der Waals surface area (Å²) in [5.74, 6) is 1.59. The summed E-state index contributed by atoms with van der Waals surface area (Å²) in [5.41, 5.74) is 4.73. The molecule has 2 aromatic carbocycles. The van der Waals surface area contributed by atoms with Gasteiger partial charge in [-0.05, 0) is 54.3 Å². The molecule has 0 saturated carbocycles. The van der Waals surface area contributed by atoms with E-state index in [9.17, 15) is 4.79 Å². The maximum atomic E-state index is 13.3. The summed E-state index contributed by atoms with van der Waals surface area (Å²) in [7, 11) is 0. The van der Waals surface area contributed by atoms with Crippen molar-refractivity contribution in [3.05, 3.63) is 71.1 Å². The molecule has 0 spiro atoms. The van der Waals surface area contributed by atoms with Crippen LogP contribution in [0.5, 0.6) is 0 Å². The van der Waals surface area contributed by atoms with E-state index >= 15 is 0 Å². The zero-order chi connectivity index (χ0) is 25.9. The van der Waals surface area contributed by atoms with Gasteiger partial charge in [-0.25, -0.2) is 0 Å². The molecule has 1 fully saturated rings. The highest BCUT2D eigenvalue weighted by molar-refractivity contribution is 5.79. The maximum absolute atomic E-state index is 13.3. The molecule has 2 heterocycles. The van der Waals surface area contributed by atoms with Gasteiger partial charge < -0.3 is 9.84 Å². The molecule has 0 radical (unpaired) electrons. The number of aromatic nitrogens is 2. The van der Waals surface area contributed by atoms with Crippen molar-refractivity contribution in [1.29, 1.82) is 0 Å². The van der Waals surface area contributed by atoms with Crippen molar-refractivity contribution in [2.24, 2.45) is 11.8 Å². The van der Waals surface area contributed by atoms with Crippen LogP contribution in [0.2, 0.25) is 0 Å². The summed E-state index contributed by atoms with van der Waals surface area (Å²) in [6.45, 7) is 15.2. The van der Waals surface area contributed by atoms with Crippen LogP contribution in [-0.2, 0) is 16.8 Å². The topological polar surface area (TPSA) is 71.3 Å². The highest BCUT2D eigenvalue weighted by Crippen LogP contribution is 2.28. The lowest BCUT2D eigenvalue weighted by Crippen LogP contribution is -2.44. The normalized spacial score (nSPS) is 17.8. The van der Waals surface area contributed by atoms with Gasteiger partial charge >= 0.3 is 0 Å². The third-order valence-corrected chi connectivity index (χ3v) is 7.20. The third kappa shape index (κ3) is 6.22. The van der Waals surface area contributed by atoms with Crippen molar-refractivity contribution in [2.45, 2.75) is 72.4 Å². The smallest absolute Gasteiger partial charge is 0.241 e. The molecule has 1 aliphatic heterocycles. The van der Waals surface area contributed by atoms with Crippen LogP contribution < -0.4 is 5.32 Å². The van der Waals surface area contributed by atoms with E-state index in [0.29, 0.717) is 30.7 Å². The van der Waals surface area contributed by atoms with Crippen LogP contribution in [0.15, 0.2) is 53.1 Å². The summed E-state index contributed by atoms with van der Waals surface area (Å²) in [5, 5.41) is 7.56. The molecule has 4 rings (SSSR count). The molecule has 0 aliphatic carbocycles. The molecule has 3 aromatic rings. The van der Waals surface area contributed by atoms with Crippen molar-refractivity contribution < 1.29 is 9.32 Å². The largest absolute Gasteiger partial charge is 0.349 e. The average molecular weight is 489 g/mol. The summed E-state index contributed by atoms with van der Waals surface area (Å²) >= 11 is 0. The van der Waals surface area contributed by atoms with Crippen molar-refractivity contribution in [1.82, 2.24) is 20.4 Å². The lowest BCUT2D eigenvalue weighted by atomic mass is 9.87. The number of piperidine rings is 1. The van der Waals surface area contributed by atoms with E-state index in [2.05, 4.69) is 98.3 Å². The first-order valence-electron chi connectivity index (χ1n) is 13.1. The van der Waals surface area contributed by atoms with E-state index in [0.717, 1.165) is 24.9 Å². The van der Waals surface area contributed by atoms with E-state index in [1.165, 1.54) is 16.7 Å². The minimum atomic E-state index is -0.0450. The lowest BCUT2D eigenvalue weighted by molar-refractivity contribution is -0.128. The second-order valence-corrected chi connectivity index (χ2v) is 11.5. The minimum absolute atomic E-state index is 0.0113. The first-order valence-corrected chi connectivity index (χ1v) is 13.1. The average Bonchev–Trinajstić information content (AvgIpc) is 3.31. The van der Waals surface area contributed by atoms with Crippen LogP contribution in [0, 0.1) is 18.8 Å². The number of hydrogen-bond acceptors (Lipinski definition) is 5. The van der Waals surface area contributed by atoms with E-state index in [1.807, 2.05) is 12.1 Å². The van der Waals surface area contributed by atoms with Gasteiger partial charge in [0.05, 0.1) is 18.5 Å². The molecule has 2 unspecified atom stereocenters. The van der Waals surface area contributed by atoms with Crippen molar-refractivity contribution in [2.75, 3.05) is 13.1 Å². The molecular formula is C30H40N4O2. The Kier molecular flexibility index (Phi) is 7.94. The van der Waals surface area contributed by atoms with Gasteiger partial charge in [-0.15, -0.1) is 0 Å². The number of nitrogens with one attached hydrogen (secondary N) is 1. The fourth-order valence-corrected chi connectivity index (χ4v) is 4.97. The maximum Gasteiger partial charge on any atom is 0.241 e. The number of amides is 1. The standard InChI is InChI=1S/C30H40N4O2/c1-20(2)27(25-12-8-7-10-21(25)3)32-29(35)23-11-9-17-34(18-23)19-26-31-28(33-36-26)22-13-15-24(16-14-22)30(4,5)6/h7-8,10,12-16,20,23,27H,9,11,17-19H2,1-6H3,(H,32,35). The van der Waals surface area contributed by atoms with Gasteiger partial charge in [0.15, 0.2) is 0 Å². The first-order chi connectivity index (χ1) is 17.1. The highest BCUT2D eigenvalue weighted by Gasteiger charge is 2.29. The van der Waals surface area contributed by atoms with Gasteiger partial charge in [0.1, 0.15) is 0 Å². The van der Waals surface area contributed by atoms with Gasteiger partial charge in [-0.3, -0.25) is 9.69 Å². The number of likely N-dealkylation sites (tertiary alicyclic amines) is 1. The number of rotatable bonds is 7. The highest BCUT2D eigenvalue weighted by atomic mass is 16.5. The van der Waals surface area contributed by atoms with E-state index < -0.39 is 0 Å². The fourth-order valence-electron chi connectivity index (χ4n) is 4.97. The van der Waals surface area contributed by atoms with Crippen LogP contribution in [0.25, 0.3) is 11.4 Å². The number of aryl methyl sites for hydroxylation is 1. The predicted molar refractivity (Wildman–Crippen MR) is 143 cm³/mol. The summed E-state index contributed by atoms with van der Waals surface area (Å²) in [6, 6.07) is 16.7. The number of nitrogens with zero attached hydrogens (tertiary/aromatic N) is 3. The van der Waals surface area contributed by atoms with Crippen LogP contribution in [0.4, 0.5) is 0 Å².